The predicted octanol–water partition coefficient (Wildman–Crippen LogP) is 2.99. The Bertz CT molecular complexity index is 502. The van der Waals surface area contributed by atoms with Crippen molar-refractivity contribution in [3.05, 3.63) is 51.5 Å². The molecule has 0 aliphatic heterocycles. The first kappa shape index (κ1) is 10.1. The lowest BCUT2D eigenvalue weighted by molar-refractivity contribution is 0.104. The van der Waals surface area contributed by atoms with Crippen molar-refractivity contribution in [2.45, 2.75) is 13.8 Å². The van der Waals surface area contributed by atoms with Crippen LogP contribution in [0, 0.1) is 13.8 Å². The molecule has 2 rings (SSSR count). The zero-order chi connectivity index (χ0) is 10.8. The number of aryl methyl sites for hydroxylation is 2. The summed E-state index contributed by atoms with van der Waals surface area (Å²) in [6.07, 6.45) is 1.67. The lowest BCUT2D eigenvalue weighted by Gasteiger charge is -2.00. The van der Waals surface area contributed by atoms with Gasteiger partial charge in [-0.2, -0.15) is 0 Å². The zero-order valence-corrected chi connectivity index (χ0v) is 9.47. The van der Waals surface area contributed by atoms with E-state index >= 15 is 0 Å². The summed E-state index contributed by atoms with van der Waals surface area (Å²) in [5, 5.41) is 1.94. The van der Waals surface area contributed by atoms with Crippen molar-refractivity contribution in [3.8, 4) is 0 Å². The van der Waals surface area contributed by atoms with Gasteiger partial charge < -0.3 is 0 Å². The maximum atomic E-state index is 12.1. The molecule has 0 saturated heterocycles. The van der Waals surface area contributed by atoms with Crippen molar-refractivity contribution < 1.29 is 4.79 Å². The molecule has 0 aliphatic carbocycles. The topological polar surface area (TPSA) is 30.0 Å². The van der Waals surface area contributed by atoms with Crippen molar-refractivity contribution in [3.63, 3.8) is 0 Å². The highest BCUT2D eigenvalue weighted by molar-refractivity contribution is 7.12. The highest BCUT2D eigenvalue weighted by atomic mass is 32.1. The van der Waals surface area contributed by atoms with Gasteiger partial charge in [0.15, 0.2) is 0 Å². The number of hydrogen-bond donors (Lipinski definition) is 0. The first-order valence-corrected chi connectivity index (χ1v) is 5.58. The van der Waals surface area contributed by atoms with Gasteiger partial charge in [0.2, 0.25) is 5.78 Å². The van der Waals surface area contributed by atoms with Gasteiger partial charge in [-0.05, 0) is 43.0 Å². The molecule has 0 aromatic carbocycles. The second kappa shape index (κ2) is 3.95. The molecule has 0 aliphatic rings. The van der Waals surface area contributed by atoms with Crippen LogP contribution in [0.1, 0.15) is 26.5 Å². The quantitative estimate of drug-likeness (QED) is 0.724. The van der Waals surface area contributed by atoms with Crippen LogP contribution in [0.3, 0.4) is 0 Å². The Kier molecular flexibility index (Phi) is 2.64. The van der Waals surface area contributed by atoms with Crippen molar-refractivity contribution in [2.75, 3.05) is 0 Å². The summed E-state index contributed by atoms with van der Waals surface area (Å²) in [5.41, 5.74) is 2.63. The molecule has 0 bridgehead atoms. The summed E-state index contributed by atoms with van der Waals surface area (Å²) in [6.45, 7) is 3.84. The molecule has 0 radical (unpaired) electrons. The molecular weight excluding hydrogens is 206 g/mol. The van der Waals surface area contributed by atoms with Crippen molar-refractivity contribution in [1.29, 1.82) is 0 Å². The fraction of sp³-hybridized carbons (Fsp3) is 0.167. The average Bonchev–Trinajstić information content (AvgIpc) is 2.63. The third-order valence-electron chi connectivity index (χ3n) is 2.23. The van der Waals surface area contributed by atoms with Gasteiger partial charge in [0.05, 0.1) is 4.88 Å². The SMILES string of the molecule is Cc1cc(C(=O)c2sccc2C)ccn1. The third kappa shape index (κ3) is 1.97. The summed E-state index contributed by atoms with van der Waals surface area (Å²) in [4.78, 5) is 17.0. The van der Waals surface area contributed by atoms with Crippen LogP contribution in [0.5, 0.6) is 0 Å². The molecule has 0 amide bonds. The molecule has 2 aromatic rings. The largest absolute Gasteiger partial charge is 0.288 e. The van der Waals surface area contributed by atoms with Gasteiger partial charge in [-0.1, -0.05) is 0 Å². The van der Waals surface area contributed by atoms with Crippen molar-refractivity contribution >= 4 is 17.1 Å². The van der Waals surface area contributed by atoms with E-state index in [0.29, 0.717) is 5.56 Å². The van der Waals surface area contributed by atoms with Crippen LogP contribution in [0.2, 0.25) is 0 Å². The number of aromatic nitrogens is 1. The van der Waals surface area contributed by atoms with E-state index in [1.807, 2.05) is 31.4 Å². The second-order valence-corrected chi connectivity index (χ2v) is 4.36. The maximum absolute atomic E-state index is 12.1. The summed E-state index contributed by atoms with van der Waals surface area (Å²) in [7, 11) is 0. The van der Waals surface area contributed by atoms with Crippen LogP contribution < -0.4 is 0 Å². The number of pyridine rings is 1. The van der Waals surface area contributed by atoms with Gasteiger partial charge in [-0.15, -0.1) is 11.3 Å². The van der Waals surface area contributed by atoms with Crippen molar-refractivity contribution in [2.24, 2.45) is 0 Å². The Morgan fingerprint density at radius 3 is 2.73 bits per heavy atom. The molecule has 3 heteroatoms. The van der Waals surface area contributed by atoms with E-state index in [4.69, 9.17) is 0 Å². The van der Waals surface area contributed by atoms with Crippen LogP contribution in [0.4, 0.5) is 0 Å². The molecule has 76 valence electrons. The van der Waals surface area contributed by atoms with E-state index in [9.17, 15) is 4.79 Å². The molecule has 0 saturated carbocycles. The van der Waals surface area contributed by atoms with Gasteiger partial charge in [-0.25, -0.2) is 0 Å². The van der Waals surface area contributed by atoms with Crippen LogP contribution in [-0.4, -0.2) is 10.8 Å². The monoisotopic (exact) mass is 217 g/mol. The van der Waals surface area contributed by atoms with Gasteiger partial charge >= 0.3 is 0 Å². The van der Waals surface area contributed by atoms with Crippen LogP contribution in [0.15, 0.2) is 29.8 Å². The smallest absolute Gasteiger partial charge is 0.203 e. The van der Waals surface area contributed by atoms with E-state index in [1.54, 1.807) is 12.3 Å². The zero-order valence-electron chi connectivity index (χ0n) is 8.65. The Hall–Kier alpha value is -1.48. The number of nitrogens with zero attached hydrogens (tertiary/aromatic N) is 1. The maximum Gasteiger partial charge on any atom is 0.203 e. The first-order chi connectivity index (χ1) is 7.18. The average molecular weight is 217 g/mol. The summed E-state index contributed by atoms with van der Waals surface area (Å²) >= 11 is 1.49. The molecule has 0 spiro atoms. The Morgan fingerprint density at radius 2 is 2.13 bits per heavy atom. The minimum absolute atomic E-state index is 0.0907. The fourth-order valence-electron chi connectivity index (χ4n) is 1.42. The minimum atomic E-state index is 0.0907. The van der Waals surface area contributed by atoms with Gasteiger partial charge in [0.25, 0.3) is 0 Å². The molecule has 0 N–H and O–H groups in total. The molecule has 0 fully saturated rings. The highest BCUT2D eigenvalue weighted by Gasteiger charge is 2.12. The Morgan fingerprint density at radius 1 is 1.33 bits per heavy atom. The van der Waals surface area contributed by atoms with Gasteiger partial charge in [0.1, 0.15) is 0 Å². The predicted molar refractivity (Wildman–Crippen MR) is 61.5 cm³/mol. The number of carbonyl (C=O) groups is 1. The highest BCUT2D eigenvalue weighted by Crippen LogP contribution is 2.19. The van der Waals surface area contributed by atoms with Crippen molar-refractivity contribution in [1.82, 2.24) is 4.98 Å². The molecule has 2 nitrogen and oxygen atoms in total. The second-order valence-electron chi connectivity index (χ2n) is 3.45. The molecule has 2 aromatic heterocycles. The standard InChI is InChI=1S/C12H11NOS/c1-8-4-6-15-12(8)11(14)10-3-5-13-9(2)7-10/h3-7H,1-2H3. The lowest BCUT2D eigenvalue weighted by atomic mass is 10.1. The number of hydrogen-bond acceptors (Lipinski definition) is 3. The van der Waals surface area contributed by atoms with Crippen LogP contribution >= 0.6 is 11.3 Å². The molecule has 15 heavy (non-hydrogen) atoms. The van der Waals surface area contributed by atoms with E-state index in [-0.39, 0.29) is 5.78 Å². The molecule has 2 heterocycles. The first-order valence-electron chi connectivity index (χ1n) is 4.70. The van der Waals surface area contributed by atoms with E-state index in [2.05, 4.69) is 4.98 Å². The Balaban J connectivity index is 2.41. The van der Waals surface area contributed by atoms with E-state index in [0.717, 1.165) is 16.1 Å². The number of thiophene rings is 1. The number of carbonyl (C=O) groups excluding carboxylic acids is 1. The van der Waals surface area contributed by atoms with Gasteiger partial charge in [0, 0.05) is 17.5 Å². The van der Waals surface area contributed by atoms with E-state index in [1.165, 1.54) is 11.3 Å². The number of ketones is 1. The van der Waals surface area contributed by atoms with Gasteiger partial charge in [-0.3, -0.25) is 9.78 Å². The van der Waals surface area contributed by atoms with Crippen LogP contribution in [-0.2, 0) is 0 Å². The lowest BCUT2D eigenvalue weighted by Crippen LogP contribution is -2.01. The van der Waals surface area contributed by atoms with E-state index < -0.39 is 0 Å². The summed E-state index contributed by atoms with van der Waals surface area (Å²) < 4.78 is 0. The number of rotatable bonds is 2. The minimum Gasteiger partial charge on any atom is -0.288 e. The fourth-order valence-corrected chi connectivity index (χ4v) is 2.31. The molecular formula is C12H11NOS. The Labute approximate surface area is 92.6 Å². The normalized spacial score (nSPS) is 10.3. The summed E-state index contributed by atoms with van der Waals surface area (Å²) in [6, 6.07) is 5.54. The molecule has 0 unspecified atom stereocenters. The summed E-state index contributed by atoms with van der Waals surface area (Å²) in [5.74, 6) is 0.0907. The third-order valence-corrected chi connectivity index (χ3v) is 3.24. The van der Waals surface area contributed by atoms with Crippen LogP contribution in [0.25, 0.3) is 0 Å². The molecule has 0 atom stereocenters.